The molecule has 1 aliphatic heterocycles. The van der Waals surface area contributed by atoms with Gasteiger partial charge in [-0.25, -0.2) is 0 Å². The van der Waals surface area contributed by atoms with E-state index in [-0.39, 0.29) is 0 Å². The molecule has 0 unspecified atom stereocenters. The second-order valence-electron chi connectivity index (χ2n) is 4.58. The van der Waals surface area contributed by atoms with Gasteiger partial charge < -0.3 is 0 Å². The van der Waals surface area contributed by atoms with Crippen molar-refractivity contribution in [2.45, 2.75) is 12.7 Å². The average Bonchev–Trinajstić information content (AvgIpc) is 2.89. The number of benzene rings is 2. The van der Waals surface area contributed by atoms with Gasteiger partial charge in [-0.2, -0.15) is 0 Å². The minimum absolute atomic E-state index is 0.359. The second-order valence-corrected chi connectivity index (χ2v) is 6.99. The first-order valence-electron chi connectivity index (χ1n) is 6.38. The molecule has 19 heavy (non-hydrogen) atoms. The molecule has 1 aliphatic rings. The monoisotopic (exact) mass is 320 g/mol. The molecule has 1 heterocycles. The first-order valence-corrected chi connectivity index (χ1v) is 8.09. The van der Waals surface area contributed by atoms with E-state index in [4.69, 9.17) is 9.47 Å². The Morgan fingerprint density at radius 2 is 1.42 bits per heavy atom. The Morgan fingerprint density at radius 3 is 2.05 bits per heavy atom. The summed E-state index contributed by atoms with van der Waals surface area (Å²) in [5.74, 6) is -0.557. The van der Waals surface area contributed by atoms with Gasteiger partial charge in [0.05, 0.1) is 0 Å². The Bertz CT molecular complexity index is 530. The van der Waals surface area contributed by atoms with E-state index in [9.17, 15) is 0 Å². The van der Waals surface area contributed by atoms with E-state index in [0.717, 1.165) is 5.56 Å². The van der Waals surface area contributed by atoms with Crippen LogP contribution in [0.2, 0.25) is 0 Å². The van der Waals surface area contributed by atoms with E-state index < -0.39 is 5.79 Å². The van der Waals surface area contributed by atoms with Crippen LogP contribution in [0.25, 0.3) is 0 Å². The van der Waals surface area contributed by atoms with Crippen LogP contribution in [0.5, 0.6) is 0 Å². The quantitative estimate of drug-likeness (QED) is 0.800. The Balaban J connectivity index is 1.76. The van der Waals surface area contributed by atoms with E-state index in [1.807, 2.05) is 6.92 Å². The summed E-state index contributed by atoms with van der Waals surface area (Å²) >= 11 is 0.359. The fourth-order valence-corrected chi connectivity index (χ4v) is 3.89. The molecule has 0 bridgehead atoms. The third kappa shape index (κ3) is 2.90. The molecule has 0 atom stereocenters. The van der Waals surface area contributed by atoms with Crippen LogP contribution in [0.1, 0.15) is 12.5 Å². The van der Waals surface area contributed by atoms with Crippen LogP contribution in [0.15, 0.2) is 54.6 Å². The van der Waals surface area contributed by atoms with Gasteiger partial charge in [0.15, 0.2) is 0 Å². The van der Waals surface area contributed by atoms with Crippen molar-refractivity contribution >= 4 is 23.9 Å². The molecule has 0 amide bonds. The summed E-state index contributed by atoms with van der Waals surface area (Å²) in [6.07, 6.45) is 0. The SMILES string of the molecule is CC1(c2ccc([Se]c3ccccc3)cc2)OCCO1. The zero-order chi connectivity index (χ0) is 13.1. The number of hydrogen-bond donors (Lipinski definition) is 0. The van der Waals surface area contributed by atoms with Gasteiger partial charge in [0.1, 0.15) is 0 Å². The van der Waals surface area contributed by atoms with Crippen LogP contribution < -0.4 is 8.92 Å². The van der Waals surface area contributed by atoms with Crippen LogP contribution in [-0.2, 0) is 15.3 Å². The molecule has 0 aliphatic carbocycles. The minimum atomic E-state index is -0.557. The van der Waals surface area contributed by atoms with Gasteiger partial charge in [0.25, 0.3) is 0 Å². The van der Waals surface area contributed by atoms with E-state index in [1.54, 1.807) is 0 Å². The Morgan fingerprint density at radius 1 is 0.842 bits per heavy atom. The fraction of sp³-hybridized carbons (Fsp3) is 0.250. The molecule has 0 spiro atoms. The van der Waals surface area contributed by atoms with Crippen LogP contribution in [0.4, 0.5) is 0 Å². The maximum absolute atomic E-state index is 5.67. The Hall–Kier alpha value is -1.12. The molecule has 2 aromatic carbocycles. The van der Waals surface area contributed by atoms with Crippen molar-refractivity contribution in [3.05, 3.63) is 60.2 Å². The molecule has 1 fully saturated rings. The third-order valence-corrected chi connectivity index (χ3v) is 5.33. The molecule has 0 aromatic heterocycles. The molecule has 3 rings (SSSR count). The third-order valence-electron chi connectivity index (χ3n) is 3.20. The Kier molecular flexibility index (Phi) is 3.72. The van der Waals surface area contributed by atoms with E-state index >= 15 is 0 Å². The van der Waals surface area contributed by atoms with Crippen molar-refractivity contribution < 1.29 is 9.47 Å². The number of hydrogen-bond acceptors (Lipinski definition) is 2. The second kappa shape index (κ2) is 5.48. The zero-order valence-electron chi connectivity index (χ0n) is 10.8. The standard InChI is InChI=1S/C16H16O2Se/c1-16(17-11-12-18-16)13-7-9-15(10-8-13)19-14-5-3-2-4-6-14/h2-10H,11-12H2,1H3. The van der Waals surface area contributed by atoms with Gasteiger partial charge in [0.2, 0.25) is 0 Å². The predicted octanol–water partition coefficient (Wildman–Crippen LogP) is 1.56. The maximum atomic E-state index is 5.67. The molecule has 98 valence electrons. The van der Waals surface area contributed by atoms with Gasteiger partial charge in [-0.1, -0.05) is 0 Å². The molecule has 3 heteroatoms. The van der Waals surface area contributed by atoms with Crippen molar-refractivity contribution in [2.75, 3.05) is 13.2 Å². The Labute approximate surface area is 119 Å². The summed E-state index contributed by atoms with van der Waals surface area (Å²) in [7, 11) is 0. The predicted molar refractivity (Wildman–Crippen MR) is 77.2 cm³/mol. The van der Waals surface area contributed by atoms with Gasteiger partial charge in [0, 0.05) is 0 Å². The topological polar surface area (TPSA) is 18.5 Å². The summed E-state index contributed by atoms with van der Waals surface area (Å²) < 4.78 is 14.1. The molecule has 2 aromatic rings. The zero-order valence-corrected chi connectivity index (χ0v) is 12.5. The summed E-state index contributed by atoms with van der Waals surface area (Å²) in [6, 6.07) is 19.2. The van der Waals surface area contributed by atoms with Crippen LogP contribution in [0.3, 0.4) is 0 Å². The molecular formula is C16H16O2Se. The van der Waals surface area contributed by atoms with Gasteiger partial charge in [-0.3, -0.25) is 0 Å². The first kappa shape index (κ1) is 12.9. The first-order chi connectivity index (χ1) is 9.26. The van der Waals surface area contributed by atoms with Crippen molar-refractivity contribution in [3.63, 3.8) is 0 Å². The summed E-state index contributed by atoms with van der Waals surface area (Å²) in [6.45, 7) is 3.33. The molecule has 0 radical (unpaired) electrons. The van der Waals surface area contributed by atoms with E-state index in [0.29, 0.717) is 28.2 Å². The van der Waals surface area contributed by atoms with Crippen LogP contribution >= 0.6 is 0 Å². The van der Waals surface area contributed by atoms with E-state index in [2.05, 4.69) is 54.6 Å². The fourth-order valence-electron chi connectivity index (χ4n) is 2.13. The van der Waals surface area contributed by atoms with E-state index in [1.165, 1.54) is 8.92 Å². The molecule has 0 N–H and O–H groups in total. The molecular weight excluding hydrogens is 303 g/mol. The number of ether oxygens (including phenoxy) is 2. The molecule has 2 nitrogen and oxygen atoms in total. The molecule has 0 saturated carbocycles. The van der Waals surface area contributed by atoms with Gasteiger partial charge in [-0.15, -0.1) is 0 Å². The summed E-state index contributed by atoms with van der Waals surface area (Å²) in [5.41, 5.74) is 1.10. The molecule has 1 saturated heterocycles. The van der Waals surface area contributed by atoms with Crippen LogP contribution in [0, 0.1) is 0 Å². The summed E-state index contributed by atoms with van der Waals surface area (Å²) in [4.78, 5) is 0. The van der Waals surface area contributed by atoms with Gasteiger partial charge >= 0.3 is 119 Å². The van der Waals surface area contributed by atoms with Crippen LogP contribution in [-0.4, -0.2) is 28.2 Å². The van der Waals surface area contributed by atoms with Gasteiger partial charge in [-0.05, 0) is 0 Å². The average molecular weight is 319 g/mol. The van der Waals surface area contributed by atoms with Crippen molar-refractivity contribution in [3.8, 4) is 0 Å². The van der Waals surface area contributed by atoms with Crippen molar-refractivity contribution in [2.24, 2.45) is 0 Å². The number of rotatable bonds is 3. The normalized spacial score (nSPS) is 17.5. The van der Waals surface area contributed by atoms with Crippen molar-refractivity contribution in [1.82, 2.24) is 0 Å². The van der Waals surface area contributed by atoms with Crippen molar-refractivity contribution in [1.29, 1.82) is 0 Å². The summed E-state index contributed by atoms with van der Waals surface area (Å²) in [5, 5.41) is 0.